The maximum Gasteiger partial charge on any atom is 0.358 e. The van der Waals surface area contributed by atoms with Gasteiger partial charge in [-0.3, -0.25) is 9.59 Å². The normalized spacial score (nSPS) is 17.5. The molecule has 0 spiro atoms. The van der Waals surface area contributed by atoms with Crippen molar-refractivity contribution in [1.82, 2.24) is 15.3 Å². The fourth-order valence-electron chi connectivity index (χ4n) is 4.24. The third kappa shape index (κ3) is 6.48. The molecule has 0 radical (unpaired) electrons. The van der Waals surface area contributed by atoms with E-state index in [0.717, 1.165) is 16.8 Å². The number of hydrogen-bond acceptors (Lipinski definition) is 9. The number of hydrogen-bond donors (Lipinski definition) is 1. The number of aromatic nitrogens is 2. The Hall–Kier alpha value is -3.26. The fraction of sp³-hybridized carbons (Fsp3) is 0.269. The molecule has 1 aromatic carbocycles. The average molecular weight is 682 g/mol. The smallest absolute Gasteiger partial charge is 0.358 e. The number of anilines is 2. The molecule has 2 aliphatic rings. The fourth-order valence-corrected chi connectivity index (χ4v) is 6.04. The molecule has 2 aromatic heterocycles. The van der Waals surface area contributed by atoms with E-state index in [-0.39, 0.29) is 45.5 Å². The van der Waals surface area contributed by atoms with Crippen LogP contribution in [0.1, 0.15) is 36.5 Å². The van der Waals surface area contributed by atoms with E-state index in [1.165, 1.54) is 41.7 Å². The number of carbonyl (C=O) groups excluding carboxylic acids is 2. The minimum absolute atomic E-state index is 0.0420. The first-order valence-corrected chi connectivity index (χ1v) is 15.4. The van der Waals surface area contributed by atoms with E-state index in [4.69, 9.17) is 27.4 Å². The lowest BCUT2D eigenvalue weighted by molar-refractivity contribution is -0.118. The maximum absolute atomic E-state index is 13.9. The molecule has 0 saturated heterocycles. The lowest BCUT2D eigenvalue weighted by Gasteiger charge is -2.26. The molecule has 2 atom stereocenters. The molecule has 1 aliphatic heterocycles. The monoisotopic (exact) mass is 680 g/mol. The summed E-state index contributed by atoms with van der Waals surface area (Å²) in [6, 6.07) is 10.9. The van der Waals surface area contributed by atoms with Crippen LogP contribution in [0, 0.1) is 5.92 Å². The summed E-state index contributed by atoms with van der Waals surface area (Å²) in [5.41, 5.74) is 0.396. The first-order valence-electron chi connectivity index (χ1n) is 12.5. The molecule has 2 unspecified atom stereocenters. The quantitative estimate of drug-likeness (QED) is 0.261. The van der Waals surface area contributed by atoms with Gasteiger partial charge in [-0.1, -0.05) is 29.3 Å². The number of rotatable bonds is 8. The van der Waals surface area contributed by atoms with Gasteiger partial charge in [-0.15, -0.1) is 5.10 Å². The van der Waals surface area contributed by atoms with Crippen LogP contribution >= 0.6 is 39.3 Å². The van der Waals surface area contributed by atoms with Gasteiger partial charge in [-0.2, -0.15) is 8.42 Å². The van der Waals surface area contributed by atoms with Crippen LogP contribution in [0.15, 0.2) is 71.1 Å². The summed E-state index contributed by atoms with van der Waals surface area (Å²) in [6.45, 7) is 1.93. The van der Waals surface area contributed by atoms with Gasteiger partial charge in [0.05, 0.1) is 38.8 Å². The number of halogens is 3. The lowest BCUT2D eigenvalue weighted by atomic mass is 10.1. The van der Waals surface area contributed by atoms with Gasteiger partial charge in [0, 0.05) is 23.5 Å². The Balaban J connectivity index is 1.45. The summed E-state index contributed by atoms with van der Waals surface area (Å²) in [5.74, 6) is -0.747. The second kappa shape index (κ2) is 11.9. The molecule has 1 fully saturated rings. The maximum atomic E-state index is 13.9. The third-order valence-electron chi connectivity index (χ3n) is 6.52. The number of hydrazone groups is 1. The zero-order chi connectivity index (χ0) is 29.3. The summed E-state index contributed by atoms with van der Waals surface area (Å²) in [5, 5.41) is 8.57. The Morgan fingerprint density at radius 2 is 1.88 bits per heavy atom. The van der Waals surface area contributed by atoms with Crippen molar-refractivity contribution in [2.24, 2.45) is 11.0 Å². The molecule has 3 heterocycles. The number of benzene rings is 1. The molecule has 214 valence electrons. The number of amides is 2. The van der Waals surface area contributed by atoms with Crippen molar-refractivity contribution < 1.29 is 22.2 Å². The molecule has 1 aliphatic carbocycles. The summed E-state index contributed by atoms with van der Waals surface area (Å²) < 4.78 is 32.1. The van der Waals surface area contributed by atoms with E-state index < -0.39 is 28.0 Å². The molecule has 41 heavy (non-hydrogen) atoms. The van der Waals surface area contributed by atoms with Gasteiger partial charge in [0.2, 0.25) is 5.90 Å². The Morgan fingerprint density at radius 1 is 1.12 bits per heavy atom. The molecule has 5 rings (SSSR count). The molecule has 2 amide bonds. The van der Waals surface area contributed by atoms with Crippen molar-refractivity contribution in [2.75, 3.05) is 8.93 Å². The van der Waals surface area contributed by atoms with E-state index >= 15 is 0 Å². The van der Waals surface area contributed by atoms with Gasteiger partial charge in [-0.05, 0) is 68.1 Å². The van der Waals surface area contributed by atoms with Crippen LogP contribution in [0.3, 0.4) is 0 Å². The van der Waals surface area contributed by atoms with Gasteiger partial charge < -0.3 is 9.50 Å². The first-order chi connectivity index (χ1) is 19.5. The summed E-state index contributed by atoms with van der Waals surface area (Å²) in [4.78, 5) is 35.2. The second-order valence-corrected chi connectivity index (χ2v) is 12.5. The van der Waals surface area contributed by atoms with Gasteiger partial charge in [0.1, 0.15) is 6.04 Å². The summed E-state index contributed by atoms with van der Waals surface area (Å²) in [6.07, 6.45) is 4.60. The van der Waals surface area contributed by atoms with Crippen LogP contribution in [-0.4, -0.2) is 48.2 Å². The molecular formula is C26H23BrCl2N6O5S. The standard InChI is InChI=1S/C26H23BrCl2N6O5S/c1-15(16-7-8-16)32-25(36)18-13-17(28)9-10-20(18)34(27)26(37)21-14-22(33-35(21)24-19(29)5-4-12-31-24)40-41(38,39)23-6-2-3-11-30-23/h2-6,9-13,15-16,21H,7-8,14H2,1H3,(H,32,36). The Bertz CT molecular complexity index is 1620. The van der Waals surface area contributed by atoms with Gasteiger partial charge in [0.25, 0.3) is 11.8 Å². The van der Waals surface area contributed by atoms with Gasteiger partial charge in [-0.25, -0.2) is 18.9 Å². The van der Waals surface area contributed by atoms with Crippen molar-refractivity contribution in [3.8, 4) is 0 Å². The number of carbonyl (C=O) groups is 2. The van der Waals surface area contributed by atoms with E-state index in [0.29, 0.717) is 10.9 Å². The first kappa shape index (κ1) is 29.2. The molecule has 11 nitrogen and oxygen atoms in total. The van der Waals surface area contributed by atoms with Crippen LogP contribution in [-0.2, 0) is 19.1 Å². The average Bonchev–Trinajstić information content (AvgIpc) is 3.73. The van der Waals surface area contributed by atoms with Crippen LogP contribution < -0.4 is 14.3 Å². The van der Waals surface area contributed by atoms with Crippen molar-refractivity contribution in [3.63, 3.8) is 0 Å². The Morgan fingerprint density at radius 3 is 2.56 bits per heavy atom. The molecule has 1 saturated carbocycles. The Labute approximate surface area is 255 Å². The van der Waals surface area contributed by atoms with Crippen molar-refractivity contribution in [2.45, 2.75) is 43.3 Å². The van der Waals surface area contributed by atoms with Gasteiger partial charge in [0.15, 0.2) is 10.8 Å². The predicted octanol–water partition coefficient (Wildman–Crippen LogP) is 4.95. The molecule has 15 heteroatoms. The van der Waals surface area contributed by atoms with E-state index in [1.807, 2.05) is 6.92 Å². The largest absolute Gasteiger partial charge is 0.360 e. The molecule has 3 aromatic rings. The number of pyridine rings is 2. The van der Waals surface area contributed by atoms with Crippen LogP contribution in [0.2, 0.25) is 10.0 Å². The minimum atomic E-state index is -4.34. The third-order valence-corrected chi connectivity index (χ3v) is 8.95. The van der Waals surface area contributed by atoms with Crippen molar-refractivity contribution in [1.29, 1.82) is 0 Å². The Kier molecular flexibility index (Phi) is 8.50. The highest BCUT2D eigenvalue weighted by atomic mass is 79.9. The molecule has 0 bridgehead atoms. The number of nitrogens with zero attached hydrogens (tertiary/aromatic N) is 5. The number of nitrogens with one attached hydrogen (secondary N) is 1. The van der Waals surface area contributed by atoms with Crippen molar-refractivity contribution >= 4 is 78.7 Å². The van der Waals surface area contributed by atoms with E-state index in [2.05, 4.69) is 36.5 Å². The zero-order valence-corrected chi connectivity index (χ0v) is 25.4. The lowest BCUT2D eigenvalue weighted by Crippen LogP contribution is -2.42. The predicted molar refractivity (Wildman–Crippen MR) is 158 cm³/mol. The van der Waals surface area contributed by atoms with Gasteiger partial charge >= 0.3 is 10.1 Å². The molecule has 1 N–H and O–H groups in total. The SMILES string of the molecule is CC(NC(=O)c1cc(Cl)ccc1N(Br)C(=O)C1CC(OS(=O)(=O)c2ccccn2)=NN1c1ncccc1Cl)C1CC1. The highest BCUT2D eigenvalue weighted by molar-refractivity contribution is 9.10. The second-order valence-electron chi connectivity index (χ2n) is 9.45. The topological polar surface area (TPSA) is 134 Å². The van der Waals surface area contributed by atoms with E-state index in [1.54, 1.807) is 24.3 Å². The van der Waals surface area contributed by atoms with Crippen molar-refractivity contribution in [3.05, 3.63) is 76.5 Å². The highest BCUT2D eigenvalue weighted by Crippen LogP contribution is 2.35. The van der Waals surface area contributed by atoms with Crippen LogP contribution in [0.25, 0.3) is 0 Å². The highest BCUT2D eigenvalue weighted by Gasteiger charge is 2.41. The summed E-state index contributed by atoms with van der Waals surface area (Å²) in [7, 11) is -4.34. The molecular weight excluding hydrogens is 659 g/mol. The van der Waals surface area contributed by atoms with Crippen LogP contribution in [0.4, 0.5) is 11.5 Å². The van der Waals surface area contributed by atoms with Crippen LogP contribution in [0.5, 0.6) is 0 Å². The minimum Gasteiger partial charge on any atom is -0.360 e. The summed E-state index contributed by atoms with van der Waals surface area (Å²) >= 11 is 15.9. The van der Waals surface area contributed by atoms with E-state index in [9.17, 15) is 18.0 Å². The zero-order valence-electron chi connectivity index (χ0n) is 21.4.